The number of benzene rings is 1. The van der Waals surface area contributed by atoms with Crippen LogP contribution in [0.15, 0.2) is 24.3 Å². The zero-order valence-corrected chi connectivity index (χ0v) is 18.3. The monoisotopic (exact) mass is 401 g/mol. The van der Waals surface area contributed by atoms with Crippen LogP contribution in [0.5, 0.6) is 0 Å². The summed E-state index contributed by atoms with van der Waals surface area (Å²) in [5.74, 6) is 0.460. The Morgan fingerprint density at radius 2 is 1.59 bits per heavy atom. The van der Waals surface area contributed by atoms with Gasteiger partial charge in [-0.25, -0.2) is 0 Å². The van der Waals surface area contributed by atoms with E-state index in [4.69, 9.17) is 5.73 Å². The first-order valence-corrected chi connectivity index (χ1v) is 11.3. The summed E-state index contributed by atoms with van der Waals surface area (Å²) in [5, 5.41) is 16.1. The molecule has 5 N–H and O–H groups in total. The van der Waals surface area contributed by atoms with Crippen molar-refractivity contribution < 1.29 is 9.90 Å². The largest absolute Gasteiger partial charge is 0.391 e. The molecule has 2 aliphatic rings. The van der Waals surface area contributed by atoms with Crippen molar-refractivity contribution in [3.8, 4) is 0 Å². The number of hydrogen-bond donors (Lipinski definition) is 4. The van der Waals surface area contributed by atoms with Gasteiger partial charge in [-0.3, -0.25) is 4.79 Å². The van der Waals surface area contributed by atoms with Crippen molar-refractivity contribution >= 4 is 11.6 Å². The first-order valence-electron chi connectivity index (χ1n) is 11.3. The van der Waals surface area contributed by atoms with Crippen LogP contribution in [0.2, 0.25) is 0 Å². The molecular formula is C24H39N3O2. The maximum Gasteiger partial charge on any atom is 0.239 e. The van der Waals surface area contributed by atoms with Crippen LogP contribution in [0.1, 0.15) is 83.6 Å². The molecule has 0 saturated heterocycles. The zero-order chi connectivity index (χ0) is 21.0. The number of nitrogens with two attached hydrogens (primary N) is 1. The molecule has 0 bridgehead atoms. The Labute approximate surface area is 175 Å². The maximum absolute atomic E-state index is 12.0. The number of anilines is 1. The summed E-state index contributed by atoms with van der Waals surface area (Å²) >= 11 is 0. The molecule has 1 amide bonds. The van der Waals surface area contributed by atoms with Crippen molar-refractivity contribution in [2.45, 2.75) is 102 Å². The summed E-state index contributed by atoms with van der Waals surface area (Å²) in [4.78, 5) is 12.0. The molecule has 5 nitrogen and oxygen atoms in total. The van der Waals surface area contributed by atoms with Crippen LogP contribution in [-0.4, -0.2) is 35.2 Å². The summed E-state index contributed by atoms with van der Waals surface area (Å²) in [6.45, 7) is 6.32. The molecule has 2 aliphatic carbocycles. The van der Waals surface area contributed by atoms with E-state index in [9.17, 15) is 9.90 Å². The summed E-state index contributed by atoms with van der Waals surface area (Å²) in [7, 11) is 0. The molecule has 0 heterocycles. The van der Waals surface area contributed by atoms with Gasteiger partial charge in [0.15, 0.2) is 0 Å². The number of amides is 1. The molecule has 29 heavy (non-hydrogen) atoms. The Morgan fingerprint density at radius 3 is 2.14 bits per heavy atom. The van der Waals surface area contributed by atoms with Gasteiger partial charge in [0.05, 0.1) is 6.10 Å². The first kappa shape index (κ1) is 22.1. The molecular weight excluding hydrogens is 362 g/mol. The highest BCUT2D eigenvalue weighted by Crippen LogP contribution is 2.42. The highest BCUT2D eigenvalue weighted by molar-refractivity contribution is 5.82. The highest BCUT2D eigenvalue weighted by atomic mass is 16.3. The maximum atomic E-state index is 12.0. The molecule has 0 spiro atoms. The number of aliphatic hydroxyl groups excluding tert-OH is 1. The first-order chi connectivity index (χ1) is 13.7. The average molecular weight is 402 g/mol. The molecule has 0 radical (unpaired) electrons. The van der Waals surface area contributed by atoms with Gasteiger partial charge < -0.3 is 21.5 Å². The molecule has 1 aromatic rings. The lowest BCUT2D eigenvalue weighted by atomic mass is 9.71. The molecule has 2 atom stereocenters. The van der Waals surface area contributed by atoms with E-state index in [1.165, 1.54) is 36.9 Å². The van der Waals surface area contributed by atoms with E-state index in [-0.39, 0.29) is 11.9 Å². The summed E-state index contributed by atoms with van der Waals surface area (Å²) in [5.41, 5.74) is 8.89. The highest BCUT2D eigenvalue weighted by Gasteiger charge is 2.28. The van der Waals surface area contributed by atoms with E-state index in [0.29, 0.717) is 17.4 Å². The molecule has 0 aliphatic heterocycles. The van der Waals surface area contributed by atoms with E-state index in [0.717, 1.165) is 25.7 Å². The topological polar surface area (TPSA) is 87.4 Å². The fourth-order valence-electron chi connectivity index (χ4n) is 4.72. The van der Waals surface area contributed by atoms with E-state index in [1.54, 1.807) is 6.92 Å². The Balaban J connectivity index is 1.43. The molecule has 2 fully saturated rings. The van der Waals surface area contributed by atoms with Gasteiger partial charge >= 0.3 is 0 Å². The molecule has 2 saturated carbocycles. The fraction of sp³-hybridized carbons (Fsp3) is 0.708. The third-order valence-corrected chi connectivity index (χ3v) is 6.99. The quantitative estimate of drug-likeness (QED) is 0.582. The lowest BCUT2D eigenvalue weighted by molar-refractivity contribution is -0.125. The van der Waals surface area contributed by atoms with Crippen molar-refractivity contribution in [2.75, 3.05) is 5.32 Å². The summed E-state index contributed by atoms with van der Waals surface area (Å²) < 4.78 is 0. The van der Waals surface area contributed by atoms with Crippen LogP contribution in [0, 0.1) is 5.41 Å². The minimum absolute atomic E-state index is 0.156. The van der Waals surface area contributed by atoms with E-state index < -0.39 is 12.1 Å². The van der Waals surface area contributed by atoms with Crippen molar-refractivity contribution in [3.63, 3.8) is 0 Å². The summed E-state index contributed by atoms with van der Waals surface area (Å²) in [6.07, 6.45) is 8.33. The van der Waals surface area contributed by atoms with Gasteiger partial charge in [-0.2, -0.15) is 0 Å². The molecule has 0 unspecified atom stereocenters. The van der Waals surface area contributed by atoms with Gasteiger partial charge in [0.25, 0.3) is 0 Å². The predicted octanol–water partition coefficient (Wildman–Crippen LogP) is 3.92. The van der Waals surface area contributed by atoms with E-state index in [2.05, 4.69) is 48.7 Å². The van der Waals surface area contributed by atoms with Crippen molar-refractivity contribution in [1.82, 2.24) is 5.32 Å². The summed E-state index contributed by atoms with van der Waals surface area (Å²) in [6, 6.07) is 8.80. The molecule has 0 aromatic heterocycles. The minimum atomic E-state index is -0.848. The van der Waals surface area contributed by atoms with Crippen LogP contribution in [0.3, 0.4) is 0 Å². The predicted molar refractivity (Wildman–Crippen MR) is 119 cm³/mol. The Morgan fingerprint density at radius 1 is 1.03 bits per heavy atom. The lowest BCUT2D eigenvalue weighted by Crippen LogP contribution is -2.51. The average Bonchev–Trinajstić information content (AvgIpc) is 2.69. The SMILES string of the molecule is C[C@H](O)[C@@H](N)C(=O)NC1CCC(Nc2ccc(C3CCC(C)(C)CC3)cc2)CC1. The molecule has 5 heteroatoms. The Hall–Kier alpha value is -1.59. The van der Waals surface area contributed by atoms with Gasteiger partial charge in [0, 0.05) is 17.8 Å². The Kier molecular flexibility index (Phi) is 7.23. The fourth-order valence-corrected chi connectivity index (χ4v) is 4.72. The van der Waals surface area contributed by atoms with Crippen molar-refractivity contribution in [3.05, 3.63) is 29.8 Å². The van der Waals surface area contributed by atoms with Gasteiger partial charge in [-0.1, -0.05) is 26.0 Å². The van der Waals surface area contributed by atoms with Crippen LogP contribution < -0.4 is 16.4 Å². The Bertz CT molecular complexity index is 653. The number of nitrogens with one attached hydrogen (secondary N) is 2. The number of carbonyl (C=O) groups is 1. The van der Waals surface area contributed by atoms with Crippen molar-refractivity contribution in [1.29, 1.82) is 0 Å². The van der Waals surface area contributed by atoms with E-state index in [1.807, 2.05) is 0 Å². The zero-order valence-electron chi connectivity index (χ0n) is 18.3. The van der Waals surface area contributed by atoms with Crippen LogP contribution >= 0.6 is 0 Å². The van der Waals surface area contributed by atoms with Crippen LogP contribution in [0.25, 0.3) is 0 Å². The number of carbonyl (C=O) groups excluding carboxylic acids is 1. The van der Waals surface area contributed by atoms with E-state index >= 15 is 0 Å². The van der Waals surface area contributed by atoms with Gasteiger partial charge in [-0.05, 0) is 87.3 Å². The second-order valence-corrected chi connectivity index (χ2v) is 10.0. The molecule has 162 valence electrons. The molecule has 3 rings (SSSR count). The molecule has 1 aromatic carbocycles. The van der Waals surface area contributed by atoms with Gasteiger partial charge in [0.2, 0.25) is 5.91 Å². The number of aliphatic hydroxyl groups is 1. The smallest absolute Gasteiger partial charge is 0.239 e. The van der Waals surface area contributed by atoms with Gasteiger partial charge in [0.1, 0.15) is 6.04 Å². The number of hydrogen-bond acceptors (Lipinski definition) is 4. The normalized spacial score (nSPS) is 27.1. The lowest BCUT2D eigenvalue weighted by Gasteiger charge is -2.34. The van der Waals surface area contributed by atoms with Crippen LogP contribution in [0.4, 0.5) is 5.69 Å². The third kappa shape index (κ3) is 6.19. The van der Waals surface area contributed by atoms with Crippen molar-refractivity contribution in [2.24, 2.45) is 11.1 Å². The second kappa shape index (κ2) is 9.48. The minimum Gasteiger partial charge on any atom is -0.391 e. The van der Waals surface area contributed by atoms with Crippen LogP contribution in [-0.2, 0) is 4.79 Å². The number of rotatable bonds is 6. The second-order valence-electron chi connectivity index (χ2n) is 10.0. The standard InChI is InChI=1S/C24H39N3O2/c1-16(28)22(25)23(29)27-21-10-8-20(9-11-21)26-19-6-4-17(5-7-19)18-12-14-24(2,3)15-13-18/h4-7,16,18,20-22,26,28H,8-15,25H2,1-3H3,(H,27,29)/t16-,20?,21?,22+/m0/s1. The van der Waals surface area contributed by atoms with Gasteiger partial charge in [-0.15, -0.1) is 0 Å². The third-order valence-electron chi connectivity index (χ3n) is 6.99.